The molecular formula is C16H23BrClNO. The van der Waals surface area contributed by atoms with Crippen molar-refractivity contribution in [2.24, 2.45) is 5.92 Å². The van der Waals surface area contributed by atoms with Crippen molar-refractivity contribution in [3.8, 4) is 0 Å². The number of hydrogen-bond donors (Lipinski definition) is 1. The molecule has 0 saturated carbocycles. The maximum absolute atomic E-state index is 6.40. The van der Waals surface area contributed by atoms with Gasteiger partial charge in [-0.15, -0.1) is 0 Å². The minimum atomic E-state index is 0.336. The van der Waals surface area contributed by atoms with Crippen LogP contribution in [-0.4, -0.2) is 19.8 Å². The van der Waals surface area contributed by atoms with Crippen molar-refractivity contribution in [3.63, 3.8) is 0 Å². The quantitative estimate of drug-likeness (QED) is 0.774. The highest BCUT2D eigenvalue weighted by atomic mass is 79.9. The summed E-state index contributed by atoms with van der Waals surface area (Å²) in [5.41, 5.74) is 1.21. The summed E-state index contributed by atoms with van der Waals surface area (Å²) < 4.78 is 6.55. The van der Waals surface area contributed by atoms with Gasteiger partial charge in [0.2, 0.25) is 0 Å². The van der Waals surface area contributed by atoms with Crippen LogP contribution in [0.4, 0.5) is 0 Å². The summed E-state index contributed by atoms with van der Waals surface area (Å²) in [4.78, 5) is 0. The zero-order chi connectivity index (χ0) is 14.4. The van der Waals surface area contributed by atoms with Crippen molar-refractivity contribution in [1.82, 2.24) is 5.32 Å². The molecule has 0 radical (unpaired) electrons. The van der Waals surface area contributed by atoms with E-state index in [1.165, 1.54) is 5.56 Å². The Morgan fingerprint density at radius 2 is 2.15 bits per heavy atom. The third-order valence-corrected chi connectivity index (χ3v) is 4.72. The second kappa shape index (κ2) is 8.38. The highest BCUT2D eigenvalue weighted by Gasteiger charge is 2.21. The zero-order valence-electron chi connectivity index (χ0n) is 12.0. The van der Waals surface area contributed by atoms with Crippen LogP contribution in [0, 0.1) is 5.92 Å². The highest BCUT2D eigenvalue weighted by molar-refractivity contribution is 9.10. The molecule has 1 fully saturated rings. The Morgan fingerprint density at radius 1 is 1.40 bits per heavy atom. The first-order valence-electron chi connectivity index (χ1n) is 7.46. The minimum absolute atomic E-state index is 0.336. The molecule has 1 aromatic carbocycles. The van der Waals surface area contributed by atoms with E-state index in [9.17, 15) is 0 Å². The van der Waals surface area contributed by atoms with Gasteiger partial charge in [0, 0.05) is 28.8 Å². The van der Waals surface area contributed by atoms with E-state index >= 15 is 0 Å². The number of ether oxygens (including phenoxy) is 1. The van der Waals surface area contributed by atoms with Gasteiger partial charge >= 0.3 is 0 Å². The molecule has 2 nitrogen and oxygen atoms in total. The van der Waals surface area contributed by atoms with Gasteiger partial charge in [-0.3, -0.25) is 0 Å². The van der Waals surface area contributed by atoms with Gasteiger partial charge in [0.15, 0.2) is 0 Å². The Balaban J connectivity index is 2.10. The molecule has 0 bridgehead atoms. The summed E-state index contributed by atoms with van der Waals surface area (Å²) in [5.74, 6) is 0.730. The lowest BCUT2D eigenvalue weighted by Crippen LogP contribution is -2.27. The molecular weight excluding hydrogens is 338 g/mol. The maximum Gasteiger partial charge on any atom is 0.0468 e. The van der Waals surface area contributed by atoms with Crippen molar-refractivity contribution in [2.45, 2.75) is 38.6 Å². The first-order chi connectivity index (χ1) is 9.70. The second-order valence-electron chi connectivity index (χ2n) is 5.46. The Hall–Kier alpha value is -0.0900. The standard InChI is InChI=1S/C16H23BrClNO/c1-2-7-19-16(10-12-5-8-20-9-6-12)14-11-13(17)3-4-15(14)18/h3-4,11-12,16,19H,2,5-10H2,1H3. The topological polar surface area (TPSA) is 21.3 Å². The van der Waals surface area contributed by atoms with Crippen molar-refractivity contribution >= 4 is 27.5 Å². The van der Waals surface area contributed by atoms with Crippen LogP contribution in [0.1, 0.15) is 44.2 Å². The molecule has 0 spiro atoms. The number of hydrogen-bond acceptors (Lipinski definition) is 2. The number of nitrogens with one attached hydrogen (secondary N) is 1. The molecule has 2 rings (SSSR count). The van der Waals surface area contributed by atoms with Crippen molar-refractivity contribution in [1.29, 1.82) is 0 Å². The van der Waals surface area contributed by atoms with Crippen LogP contribution >= 0.6 is 27.5 Å². The lowest BCUT2D eigenvalue weighted by Gasteiger charge is -2.28. The van der Waals surface area contributed by atoms with Gasteiger partial charge in [0.05, 0.1) is 0 Å². The van der Waals surface area contributed by atoms with Crippen LogP contribution in [0.3, 0.4) is 0 Å². The van der Waals surface area contributed by atoms with Gasteiger partial charge in [-0.2, -0.15) is 0 Å². The minimum Gasteiger partial charge on any atom is -0.381 e. The molecule has 1 heterocycles. The Bertz CT molecular complexity index is 421. The monoisotopic (exact) mass is 359 g/mol. The van der Waals surface area contributed by atoms with Crippen LogP contribution in [0.5, 0.6) is 0 Å². The molecule has 1 atom stereocenters. The average molecular weight is 361 g/mol. The summed E-state index contributed by atoms with van der Waals surface area (Å²) in [6.07, 6.45) is 4.60. The third kappa shape index (κ3) is 4.73. The molecule has 1 aliphatic rings. The molecule has 112 valence electrons. The summed E-state index contributed by atoms with van der Waals surface area (Å²) >= 11 is 9.95. The summed E-state index contributed by atoms with van der Waals surface area (Å²) in [6, 6.07) is 6.46. The summed E-state index contributed by atoms with van der Waals surface area (Å²) in [7, 11) is 0. The van der Waals surface area contributed by atoms with Gasteiger partial charge < -0.3 is 10.1 Å². The molecule has 1 aliphatic heterocycles. The first-order valence-corrected chi connectivity index (χ1v) is 8.64. The smallest absolute Gasteiger partial charge is 0.0468 e. The van der Waals surface area contributed by atoms with Crippen LogP contribution in [0.2, 0.25) is 5.02 Å². The highest BCUT2D eigenvalue weighted by Crippen LogP contribution is 2.33. The molecule has 0 aromatic heterocycles. The van der Waals surface area contributed by atoms with E-state index in [-0.39, 0.29) is 0 Å². The second-order valence-corrected chi connectivity index (χ2v) is 6.79. The van der Waals surface area contributed by atoms with Crippen LogP contribution < -0.4 is 5.32 Å². The zero-order valence-corrected chi connectivity index (χ0v) is 14.3. The van der Waals surface area contributed by atoms with Gasteiger partial charge in [-0.1, -0.05) is 34.5 Å². The molecule has 20 heavy (non-hydrogen) atoms. The van der Waals surface area contributed by atoms with E-state index in [4.69, 9.17) is 16.3 Å². The SMILES string of the molecule is CCCNC(CC1CCOCC1)c1cc(Br)ccc1Cl. The fraction of sp³-hybridized carbons (Fsp3) is 0.625. The number of halogens is 2. The third-order valence-electron chi connectivity index (χ3n) is 3.88. The summed E-state index contributed by atoms with van der Waals surface area (Å²) in [5, 5.41) is 4.51. The average Bonchev–Trinajstić information content (AvgIpc) is 2.47. The normalized spacial score (nSPS) is 18.1. The molecule has 1 N–H and O–H groups in total. The lowest BCUT2D eigenvalue weighted by atomic mass is 9.89. The van der Waals surface area contributed by atoms with E-state index in [1.807, 2.05) is 12.1 Å². The largest absolute Gasteiger partial charge is 0.381 e. The van der Waals surface area contributed by atoms with E-state index < -0.39 is 0 Å². The Morgan fingerprint density at radius 3 is 2.85 bits per heavy atom. The first kappa shape index (κ1) is 16.3. The van der Waals surface area contributed by atoms with Crippen molar-refractivity contribution < 1.29 is 4.74 Å². The molecule has 4 heteroatoms. The van der Waals surface area contributed by atoms with Crippen molar-refractivity contribution in [2.75, 3.05) is 19.8 Å². The predicted molar refractivity (Wildman–Crippen MR) is 88.3 cm³/mol. The molecule has 1 unspecified atom stereocenters. The van der Waals surface area contributed by atoms with Crippen LogP contribution in [-0.2, 0) is 4.74 Å². The van der Waals surface area contributed by atoms with Gasteiger partial charge in [-0.05, 0) is 61.9 Å². The van der Waals surface area contributed by atoms with E-state index in [0.717, 1.165) is 60.9 Å². The number of benzene rings is 1. The van der Waals surface area contributed by atoms with Crippen LogP contribution in [0.25, 0.3) is 0 Å². The molecule has 0 aliphatic carbocycles. The van der Waals surface area contributed by atoms with E-state index in [2.05, 4.69) is 34.2 Å². The van der Waals surface area contributed by atoms with Gasteiger partial charge in [-0.25, -0.2) is 0 Å². The predicted octanol–water partition coefficient (Wildman–Crippen LogP) is 4.96. The van der Waals surface area contributed by atoms with E-state index in [0.29, 0.717) is 6.04 Å². The van der Waals surface area contributed by atoms with Crippen LogP contribution in [0.15, 0.2) is 22.7 Å². The number of rotatable bonds is 6. The molecule has 0 amide bonds. The Kier molecular flexibility index (Phi) is 6.82. The van der Waals surface area contributed by atoms with Gasteiger partial charge in [0.1, 0.15) is 0 Å². The van der Waals surface area contributed by atoms with Gasteiger partial charge in [0.25, 0.3) is 0 Å². The van der Waals surface area contributed by atoms with Crippen molar-refractivity contribution in [3.05, 3.63) is 33.3 Å². The molecule has 1 aromatic rings. The molecule has 1 saturated heterocycles. The summed E-state index contributed by atoms with van der Waals surface area (Å²) in [6.45, 7) is 5.02. The fourth-order valence-corrected chi connectivity index (χ4v) is 3.36. The van der Waals surface area contributed by atoms with E-state index in [1.54, 1.807) is 0 Å². The lowest BCUT2D eigenvalue weighted by molar-refractivity contribution is 0.0605. The maximum atomic E-state index is 6.40. The Labute approximate surface area is 135 Å². The fourth-order valence-electron chi connectivity index (χ4n) is 2.74.